The average molecular weight is 244 g/mol. The number of carboxylic acids is 1. The molecule has 0 fully saturated rings. The molecule has 0 saturated heterocycles. The standard InChI is InChI=1S/C9H12N2O4S/c1-16-4-2-3-10-6-7(11(14)15)5-8(10)9(12)13/h5-6H,2-4H2,1H3,(H,12,13). The zero-order chi connectivity index (χ0) is 12.1. The highest BCUT2D eigenvalue weighted by molar-refractivity contribution is 7.98. The van der Waals surface area contributed by atoms with Crippen LogP contribution in [0.1, 0.15) is 16.9 Å². The Balaban J connectivity index is 2.87. The van der Waals surface area contributed by atoms with Gasteiger partial charge in [-0.3, -0.25) is 10.1 Å². The minimum Gasteiger partial charge on any atom is -0.477 e. The fourth-order valence-corrected chi connectivity index (χ4v) is 1.76. The van der Waals surface area contributed by atoms with E-state index in [9.17, 15) is 14.9 Å². The van der Waals surface area contributed by atoms with E-state index in [1.54, 1.807) is 11.8 Å². The van der Waals surface area contributed by atoms with Gasteiger partial charge in [-0.1, -0.05) is 0 Å². The first kappa shape index (κ1) is 12.6. The Kier molecular flexibility index (Phi) is 4.36. The molecule has 0 spiro atoms. The number of hydrogen-bond acceptors (Lipinski definition) is 4. The van der Waals surface area contributed by atoms with E-state index < -0.39 is 10.9 Å². The van der Waals surface area contributed by atoms with Crippen molar-refractivity contribution in [3.63, 3.8) is 0 Å². The highest BCUT2D eigenvalue weighted by atomic mass is 32.2. The summed E-state index contributed by atoms with van der Waals surface area (Å²) in [6.07, 6.45) is 4.01. The third kappa shape index (κ3) is 2.99. The second-order valence-electron chi connectivity index (χ2n) is 3.19. The number of rotatable bonds is 6. The zero-order valence-electron chi connectivity index (χ0n) is 8.75. The van der Waals surface area contributed by atoms with Gasteiger partial charge in [0.15, 0.2) is 0 Å². The highest BCUT2D eigenvalue weighted by Crippen LogP contribution is 2.17. The minimum absolute atomic E-state index is 0.0344. The molecule has 0 aromatic carbocycles. The van der Waals surface area contributed by atoms with Crippen molar-refractivity contribution in [1.82, 2.24) is 4.57 Å². The SMILES string of the molecule is CSCCCn1cc([N+](=O)[O-])cc1C(=O)O. The molecule has 1 rings (SSSR count). The van der Waals surface area contributed by atoms with Crippen LogP contribution < -0.4 is 0 Å². The number of aromatic carboxylic acids is 1. The second kappa shape index (κ2) is 5.55. The maximum atomic E-state index is 10.8. The molecule has 0 aliphatic rings. The number of aromatic nitrogens is 1. The Morgan fingerprint density at radius 2 is 2.38 bits per heavy atom. The summed E-state index contributed by atoms with van der Waals surface area (Å²) in [6.45, 7) is 0.482. The first-order valence-electron chi connectivity index (χ1n) is 4.63. The van der Waals surface area contributed by atoms with Crippen molar-refractivity contribution < 1.29 is 14.8 Å². The molecule has 1 N–H and O–H groups in total. The van der Waals surface area contributed by atoms with Gasteiger partial charge in [0.1, 0.15) is 5.69 Å². The Morgan fingerprint density at radius 3 is 2.88 bits per heavy atom. The van der Waals surface area contributed by atoms with Crippen LogP contribution in [0.3, 0.4) is 0 Å². The fourth-order valence-electron chi connectivity index (χ4n) is 1.34. The molecule has 16 heavy (non-hydrogen) atoms. The van der Waals surface area contributed by atoms with E-state index >= 15 is 0 Å². The smallest absolute Gasteiger partial charge is 0.352 e. The molecular formula is C9H12N2O4S. The molecular weight excluding hydrogens is 232 g/mol. The normalized spacial score (nSPS) is 10.3. The Hall–Kier alpha value is -1.50. The number of thioether (sulfide) groups is 1. The van der Waals surface area contributed by atoms with Crippen LogP contribution in [0.25, 0.3) is 0 Å². The maximum Gasteiger partial charge on any atom is 0.352 e. The van der Waals surface area contributed by atoms with Gasteiger partial charge in [-0.15, -0.1) is 0 Å². The number of hydrogen-bond donors (Lipinski definition) is 1. The Labute approximate surface area is 96.4 Å². The van der Waals surface area contributed by atoms with Gasteiger partial charge >= 0.3 is 5.97 Å². The van der Waals surface area contributed by atoms with Crippen LogP contribution in [0.5, 0.6) is 0 Å². The third-order valence-electron chi connectivity index (χ3n) is 2.06. The summed E-state index contributed by atoms with van der Waals surface area (Å²) in [4.78, 5) is 20.8. The molecule has 0 unspecified atom stereocenters. The summed E-state index contributed by atoms with van der Waals surface area (Å²) < 4.78 is 1.41. The summed E-state index contributed by atoms with van der Waals surface area (Å²) in [5.74, 6) is -0.248. The van der Waals surface area contributed by atoms with Crippen molar-refractivity contribution in [3.8, 4) is 0 Å². The molecule has 1 aromatic heterocycles. The van der Waals surface area contributed by atoms with E-state index in [1.165, 1.54) is 10.8 Å². The average Bonchev–Trinajstić information content (AvgIpc) is 2.62. The van der Waals surface area contributed by atoms with Crippen LogP contribution >= 0.6 is 11.8 Å². The quantitative estimate of drug-likeness (QED) is 0.469. The minimum atomic E-state index is -1.14. The first-order valence-corrected chi connectivity index (χ1v) is 6.02. The summed E-state index contributed by atoms with van der Waals surface area (Å²) in [7, 11) is 0. The summed E-state index contributed by atoms with van der Waals surface area (Å²) in [5.41, 5.74) is -0.214. The third-order valence-corrected chi connectivity index (χ3v) is 2.76. The summed E-state index contributed by atoms with van der Waals surface area (Å²) >= 11 is 1.65. The number of nitro groups is 1. The second-order valence-corrected chi connectivity index (χ2v) is 4.17. The highest BCUT2D eigenvalue weighted by Gasteiger charge is 2.18. The van der Waals surface area contributed by atoms with Crippen LogP contribution in [-0.4, -0.2) is 32.6 Å². The van der Waals surface area contributed by atoms with E-state index in [1.807, 2.05) is 6.26 Å². The fraction of sp³-hybridized carbons (Fsp3) is 0.444. The molecule has 0 radical (unpaired) electrons. The summed E-state index contributed by atoms with van der Waals surface area (Å²) in [6, 6.07) is 1.08. The van der Waals surface area contributed by atoms with Crippen molar-refractivity contribution in [2.24, 2.45) is 0 Å². The van der Waals surface area contributed by atoms with E-state index in [0.717, 1.165) is 18.2 Å². The molecule has 0 aliphatic heterocycles. The number of nitrogens with zero attached hydrogens (tertiary/aromatic N) is 2. The Morgan fingerprint density at radius 1 is 1.69 bits per heavy atom. The van der Waals surface area contributed by atoms with Crippen molar-refractivity contribution in [2.45, 2.75) is 13.0 Å². The Bertz CT molecular complexity index is 402. The molecule has 88 valence electrons. The zero-order valence-corrected chi connectivity index (χ0v) is 9.57. The van der Waals surface area contributed by atoms with Crippen molar-refractivity contribution in [2.75, 3.05) is 12.0 Å². The van der Waals surface area contributed by atoms with E-state index in [0.29, 0.717) is 6.54 Å². The molecule has 0 bridgehead atoms. The molecule has 1 aromatic rings. The van der Waals surface area contributed by atoms with Gasteiger partial charge in [-0.05, 0) is 18.4 Å². The van der Waals surface area contributed by atoms with Crippen LogP contribution in [-0.2, 0) is 6.54 Å². The van der Waals surface area contributed by atoms with Crippen LogP contribution in [0.2, 0.25) is 0 Å². The maximum absolute atomic E-state index is 10.8. The van der Waals surface area contributed by atoms with Crippen LogP contribution in [0.4, 0.5) is 5.69 Å². The van der Waals surface area contributed by atoms with Gasteiger partial charge < -0.3 is 9.67 Å². The van der Waals surface area contributed by atoms with Crippen molar-refractivity contribution >= 4 is 23.4 Å². The molecule has 7 heteroatoms. The van der Waals surface area contributed by atoms with Gasteiger partial charge in [-0.2, -0.15) is 11.8 Å². The molecule has 0 saturated carbocycles. The van der Waals surface area contributed by atoms with Gasteiger partial charge in [0, 0.05) is 12.6 Å². The molecule has 0 amide bonds. The first-order chi connectivity index (χ1) is 7.56. The van der Waals surface area contributed by atoms with Gasteiger partial charge in [0.05, 0.1) is 11.1 Å². The summed E-state index contributed by atoms with van der Waals surface area (Å²) in [5, 5.41) is 19.4. The number of aryl methyl sites for hydroxylation is 1. The van der Waals surface area contributed by atoms with Crippen LogP contribution in [0.15, 0.2) is 12.3 Å². The number of carbonyl (C=O) groups is 1. The van der Waals surface area contributed by atoms with E-state index in [4.69, 9.17) is 5.11 Å². The predicted molar refractivity (Wildman–Crippen MR) is 61.0 cm³/mol. The predicted octanol–water partition coefficient (Wildman–Crippen LogP) is 1.85. The largest absolute Gasteiger partial charge is 0.477 e. The van der Waals surface area contributed by atoms with Gasteiger partial charge in [-0.25, -0.2) is 4.79 Å². The van der Waals surface area contributed by atoms with E-state index in [2.05, 4.69) is 0 Å². The number of carboxylic acid groups (broad SMARTS) is 1. The van der Waals surface area contributed by atoms with Crippen molar-refractivity contribution in [1.29, 1.82) is 0 Å². The molecule has 6 nitrogen and oxygen atoms in total. The molecule has 1 heterocycles. The lowest BCUT2D eigenvalue weighted by Crippen LogP contribution is -2.08. The van der Waals surface area contributed by atoms with Gasteiger partial charge in [0.25, 0.3) is 5.69 Å². The lowest BCUT2D eigenvalue weighted by Gasteiger charge is -2.03. The lowest BCUT2D eigenvalue weighted by atomic mass is 10.4. The topological polar surface area (TPSA) is 85.4 Å². The van der Waals surface area contributed by atoms with Crippen molar-refractivity contribution in [3.05, 3.63) is 28.1 Å². The monoisotopic (exact) mass is 244 g/mol. The van der Waals surface area contributed by atoms with E-state index in [-0.39, 0.29) is 11.4 Å². The van der Waals surface area contributed by atoms with Gasteiger partial charge in [0.2, 0.25) is 0 Å². The molecule has 0 aliphatic carbocycles. The van der Waals surface area contributed by atoms with Crippen LogP contribution in [0, 0.1) is 10.1 Å². The molecule has 0 atom stereocenters. The lowest BCUT2D eigenvalue weighted by molar-refractivity contribution is -0.384.